The lowest BCUT2D eigenvalue weighted by Crippen LogP contribution is -2.48. The predicted octanol–water partition coefficient (Wildman–Crippen LogP) is 0.358. The van der Waals surface area contributed by atoms with E-state index in [1.54, 1.807) is 0 Å². The van der Waals surface area contributed by atoms with Gasteiger partial charge >= 0.3 is 5.97 Å². The molecular weight excluding hydrogens is 270 g/mol. The number of hydrogen-bond acceptors (Lipinski definition) is 4. The first-order valence-electron chi connectivity index (χ1n) is 7.22. The molecule has 6 nitrogen and oxygen atoms in total. The van der Waals surface area contributed by atoms with Crippen LogP contribution in [0.4, 0.5) is 5.69 Å². The Balaban J connectivity index is 1.83. The molecule has 2 fully saturated rings. The van der Waals surface area contributed by atoms with Gasteiger partial charge in [0.15, 0.2) is 0 Å². The summed E-state index contributed by atoms with van der Waals surface area (Å²) >= 11 is 0. The quantitative estimate of drug-likeness (QED) is 0.748. The predicted molar refractivity (Wildman–Crippen MR) is 78.2 cm³/mol. The molecule has 1 amide bonds. The zero-order valence-electron chi connectivity index (χ0n) is 11.7. The van der Waals surface area contributed by atoms with Crippen LogP contribution in [0.25, 0.3) is 0 Å². The minimum atomic E-state index is -0.750. The van der Waals surface area contributed by atoms with Crippen LogP contribution >= 0.6 is 0 Å². The van der Waals surface area contributed by atoms with Gasteiger partial charge in [-0.25, -0.2) is 0 Å². The van der Waals surface area contributed by atoms with Crippen LogP contribution in [0, 0.1) is 5.92 Å². The molecule has 1 aromatic rings. The summed E-state index contributed by atoms with van der Waals surface area (Å²) in [6.07, 6.45) is 0.590. The van der Waals surface area contributed by atoms with Crippen molar-refractivity contribution >= 4 is 17.6 Å². The molecule has 2 unspecified atom stereocenters. The lowest BCUT2D eigenvalue weighted by molar-refractivity contribution is -0.141. The number of nitrogens with one attached hydrogen (secondary N) is 2. The van der Waals surface area contributed by atoms with Gasteiger partial charge in [-0.3, -0.25) is 9.59 Å². The molecule has 0 radical (unpaired) electrons. The monoisotopic (exact) mass is 289 g/mol. The van der Waals surface area contributed by atoms with E-state index < -0.39 is 5.97 Å². The van der Waals surface area contributed by atoms with Gasteiger partial charge in [0, 0.05) is 31.4 Å². The van der Waals surface area contributed by atoms with E-state index in [1.165, 1.54) is 0 Å². The molecule has 0 saturated carbocycles. The number of nitrogens with zero attached hydrogens (tertiary/aromatic N) is 1. The van der Waals surface area contributed by atoms with Crippen LogP contribution in [0.3, 0.4) is 0 Å². The highest BCUT2D eigenvalue weighted by Crippen LogP contribution is 2.33. The number of anilines is 1. The van der Waals surface area contributed by atoms with E-state index in [4.69, 9.17) is 5.11 Å². The van der Waals surface area contributed by atoms with Crippen molar-refractivity contribution in [1.29, 1.82) is 0 Å². The minimum Gasteiger partial charge on any atom is -0.481 e. The first-order valence-corrected chi connectivity index (χ1v) is 7.22. The maximum atomic E-state index is 11.6. The van der Waals surface area contributed by atoms with Crippen molar-refractivity contribution in [2.24, 2.45) is 5.92 Å². The van der Waals surface area contributed by atoms with Crippen molar-refractivity contribution in [3.8, 4) is 0 Å². The smallest absolute Gasteiger partial charge is 0.307 e. The fourth-order valence-corrected chi connectivity index (χ4v) is 3.08. The summed E-state index contributed by atoms with van der Waals surface area (Å²) in [4.78, 5) is 24.7. The topological polar surface area (TPSA) is 81.7 Å². The molecule has 0 aliphatic carbocycles. The van der Waals surface area contributed by atoms with E-state index in [2.05, 4.69) is 15.5 Å². The Bertz CT molecular complexity index is 561. The lowest BCUT2D eigenvalue weighted by Gasteiger charge is -2.31. The van der Waals surface area contributed by atoms with E-state index >= 15 is 0 Å². The minimum absolute atomic E-state index is 0.0267. The summed E-state index contributed by atoms with van der Waals surface area (Å²) in [7, 11) is 0. The first kappa shape index (κ1) is 13.9. The van der Waals surface area contributed by atoms with Gasteiger partial charge in [0.25, 0.3) is 0 Å². The van der Waals surface area contributed by atoms with Crippen LogP contribution in [0.1, 0.15) is 18.0 Å². The highest BCUT2D eigenvalue weighted by molar-refractivity contribution is 5.83. The Morgan fingerprint density at radius 3 is 2.86 bits per heavy atom. The molecule has 2 atom stereocenters. The van der Waals surface area contributed by atoms with Crippen molar-refractivity contribution in [2.45, 2.75) is 12.5 Å². The number of benzene rings is 1. The summed E-state index contributed by atoms with van der Waals surface area (Å²) < 4.78 is 0. The summed E-state index contributed by atoms with van der Waals surface area (Å²) in [5.41, 5.74) is 2.10. The molecule has 0 spiro atoms. The Kier molecular flexibility index (Phi) is 3.79. The van der Waals surface area contributed by atoms with Gasteiger partial charge in [-0.2, -0.15) is 0 Å². The molecule has 2 aliphatic rings. The number of hydrogen-bond donors (Lipinski definition) is 3. The maximum Gasteiger partial charge on any atom is 0.307 e. The van der Waals surface area contributed by atoms with E-state index in [1.807, 2.05) is 24.3 Å². The Morgan fingerprint density at radius 2 is 2.14 bits per heavy atom. The fourth-order valence-electron chi connectivity index (χ4n) is 3.08. The molecule has 3 rings (SSSR count). The van der Waals surface area contributed by atoms with Crippen LogP contribution in [0.2, 0.25) is 0 Å². The third-order valence-corrected chi connectivity index (χ3v) is 4.17. The third kappa shape index (κ3) is 2.85. The molecule has 6 heteroatoms. The number of carboxylic acids is 1. The number of piperazine rings is 1. The molecular formula is C15H19N3O3. The Hall–Kier alpha value is -2.08. The fraction of sp³-hybridized carbons (Fsp3) is 0.467. The molecule has 0 aromatic heterocycles. The second kappa shape index (κ2) is 5.73. The highest BCUT2D eigenvalue weighted by atomic mass is 16.4. The first-order chi connectivity index (χ1) is 10.1. The zero-order chi connectivity index (χ0) is 14.8. The third-order valence-electron chi connectivity index (χ3n) is 4.17. The van der Waals surface area contributed by atoms with Crippen molar-refractivity contribution in [1.82, 2.24) is 10.6 Å². The standard InChI is InChI=1S/C15H19N3O3/c19-14-9-18(6-5-16-14)13-4-2-1-3-11(13)12-7-10(8-17-12)15(20)21/h1-4,10,12,17H,5-9H2,(H,16,19)(H,20,21). The number of aliphatic carboxylic acids is 1. The Morgan fingerprint density at radius 1 is 1.33 bits per heavy atom. The van der Waals surface area contributed by atoms with E-state index in [0.717, 1.165) is 17.8 Å². The Labute approximate surface area is 123 Å². The summed E-state index contributed by atoms with van der Waals surface area (Å²) in [5, 5.41) is 15.2. The molecule has 21 heavy (non-hydrogen) atoms. The molecule has 3 N–H and O–H groups in total. The van der Waals surface area contributed by atoms with Crippen molar-refractivity contribution in [2.75, 3.05) is 31.1 Å². The number of carboxylic acid groups (broad SMARTS) is 1. The van der Waals surface area contributed by atoms with Crippen LogP contribution < -0.4 is 15.5 Å². The average Bonchev–Trinajstić information content (AvgIpc) is 2.97. The van der Waals surface area contributed by atoms with Gasteiger partial charge in [0.05, 0.1) is 12.5 Å². The number of rotatable bonds is 3. The normalized spacial score (nSPS) is 25.7. The SMILES string of the molecule is O=C1CN(c2ccccc2C2CC(C(=O)O)CN2)CCN1. The summed E-state index contributed by atoms with van der Waals surface area (Å²) in [6, 6.07) is 7.97. The number of para-hydroxylation sites is 1. The molecule has 112 valence electrons. The van der Waals surface area contributed by atoms with Gasteiger partial charge in [0.1, 0.15) is 0 Å². The van der Waals surface area contributed by atoms with Crippen molar-refractivity contribution < 1.29 is 14.7 Å². The van der Waals surface area contributed by atoms with E-state index in [-0.39, 0.29) is 17.9 Å². The average molecular weight is 289 g/mol. The number of carbonyl (C=O) groups is 2. The van der Waals surface area contributed by atoms with Gasteiger partial charge in [-0.15, -0.1) is 0 Å². The van der Waals surface area contributed by atoms with Crippen molar-refractivity contribution in [3.63, 3.8) is 0 Å². The van der Waals surface area contributed by atoms with E-state index in [9.17, 15) is 9.59 Å². The number of amides is 1. The zero-order valence-corrected chi connectivity index (χ0v) is 11.7. The van der Waals surface area contributed by atoms with Gasteiger partial charge in [0.2, 0.25) is 5.91 Å². The molecule has 1 aromatic carbocycles. The summed E-state index contributed by atoms with van der Waals surface area (Å²) in [5.74, 6) is -1.06. The van der Waals surface area contributed by atoms with Gasteiger partial charge < -0.3 is 20.6 Å². The molecule has 2 heterocycles. The van der Waals surface area contributed by atoms with Crippen LogP contribution in [0.5, 0.6) is 0 Å². The second-order valence-corrected chi connectivity index (χ2v) is 5.56. The highest BCUT2D eigenvalue weighted by Gasteiger charge is 2.32. The lowest BCUT2D eigenvalue weighted by atomic mass is 9.98. The van der Waals surface area contributed by atoms with Gasteiger partial charge in [-0.05, 0) is 18.1 Å². The number of carbonyl (C=O) groups excluding carboxylic acids is 1. The molecule has 2 aliphatic heterocycles. The van der Waals surface area contributed by atoms with Crippen LogP contribution in [-0.4, -0.2) is 43.2 Å². The molecule has 2 saturated heterocycles. The molecule has 0 bridgehead atoms. The van der Waals surface area contributed by atoms with E-state index in [0.29, 0.717) is 26.1 Å². The van der Waals surface area contributed by atoms with Gasteiger partial charge in [-0.1, -0.05) is 18.2 Å². The second-order valence-electron chi connectivity index (χ2n) is 5.56. The maximum absolute atomic E-state index is 11.6. The van der Waals surface area contributed by atoms with Crippen LogP contribution in [-0.2, 0) is 9.59 Å². The van der Waals surface area contributed by atoms with Crippen molar-refractivity contribution in [3.05, 3.63) is 29.8 Å². The summed E-state index contributed by atoms with van der Waals surface area (Å²) in [6.45, 7) is 2.27. The largest absolute Gasteiger partial charge is 0.481 e. The van der Waals surface area contributed by atoms with Crippen LogP contribution in [0.15, 0.2) is 24.3 Å².